The van der Waals surface area contributed by atoms with Gasteiger partial charge in [0.15, 0.2) is 0 Å². The number of cyclic esters (lactones) is 1. The summed E-state index contributed by atoms with van der Waals surface area (Å²) in [5.41, 5.74) is 0.0413. The average Bonchev–Trinajstić information content (AvgIpc) is 2.36. The molecule has 1 saturated carbocycles. The Bertz CT molecular complexity index is 450. The lowest BCUT2D eigenvalue weighted by Crippen LogP contribution is -2.35. The van der Waals surface area contributed by atoms with Crippen LogP contribution >= 0.6 is 0 Å². The van der Waals surface area contributed by atoms with Crippen LogP contribution in [0.5, 0.6) is 0 Å². The second kappa shape index (κ2) is 6.20. The maximum Gasteiger partial charge on any atom is 0.338 e. The van der Waals surface area contributed by atoms with Gasteiger partial charge in [0.25, 0.3) is 0 Å². The van der Waals surface area contributed by atoms with Crippen LogP contribution in [0.25, 0.3) is 0 Å². The summed E-state index contributed by atoms with van der Waals surface area (Å²) < 4.78 is 10.7. The topological polar surface area (TPSA) is 52.6 Å². The largest absolute Gasteiger partial charge is 0.457 e. The van der Waals surface area contributed by atoms with E-state index in [9.17, 15) is 9.59 Å². The van der Waals surface area contributed by atoms with Gasteiger partial charge in [-0.25, -0.2) is 4.79 Å². The van der Waals surface area contributed by atoms with Crippen LogP contribution in [0.15, 0.2) is 11.3 Å². The van der Waals surface area contributed by atoms with Crippen LogP contribution in [0.1, 0.15) is 66.2 Å². The van der Waals surface area contributed by atoms with Crippen molar-refractivity contribution in [3.63, 3.8) is 0 Å². The van der Waals surface area contributed by atoms with Gasteiger partial charge in [0.05, 0.1) is 12.0 Å². The van der Waals surface area contributed by atoms with Crippen LogP contribution in [0.3, 0.4) is 0 Å². The Balaban J connectivity index is 2.25. The van der Waals surface area contributed by atoms with Crippen LogP contribution < -0.4 is 0 Å². The molecule has 0 amide bonds. The van der Waals surface area contributed by atoms with Gasteiger partial charge in [-0.1, -0.05) is 19.3 Å². The van der Waals surface area contributed by atoms with E-state index in [1.165, 1.54) is 19.3 Å². The molecule has 4 heteroatoms. The molecule has 0 spiro atoms. The van der Waals surface area contributed by atoms with Crippen LogP contribution in [-0.4, -0.2) is 17.5 Å². The first-order chi connectivity index (χ1) is 9.78. The number of carbonyl (C=O) groups is 2. The summed E-state index contributed by atoms with van der Waals surface area (Å²) in [6.07, 6.45) is 6.07. The highest BCUT2D eigenvalue weighted by Crippen LogP contribution is 2.40. The van der Waals surface area contributed by atoms with E-state index in [-0.39, 0.29) is 17.9 Å². The molecule has 2 aliphatic rings. The van der Waals surface area contributed by atoms with E-state index < -0.39 is 5.60 Å². The normalized spacial score (nSPS) is 24.8. The quantitative estimate of drug-likeness (QED) is 0.728. The molecule has 1 aliphatic carbocycles. The van der Waals surface area contributed by atoms with Crippen molar-refractivity contribution in [3.05, 3.63) is 11.3 Å². The number of ether oxygens (including phenoxy) is 2. The van der Waals surface area contributed by atoms with Crippen molar-refractivity contribution in [1.82, 2.24) is 0 Å². The first kappa shape index (κ1) is 16.1. The highest BCUT2D eigenvalue weighted by molar-refractivity contribution is 5.92. The number of hydrogen-bond acceptors (Lipinski definition) is 4. The summed E-state index contributed by atoms with van der Waals surface area (Å²) in [4.78, 5) is 24.3. The number of hydrogen-bond donors (Lipinski definition) is 0. The molecular weight excluding hydrogens is 268 g/mol. The molecule has 4 nitrogen and oxygen atoms in total. The number of allylic oxidation sites excluding steroid dienone is 1. The molecule has 1 fully saturated rings. The van der Waals surface area contributed by atoms with Crippen molar-refractivity contribution < 1.29 is 19.1 Å². The molecule has 1 aliphatic heterocycles. The molecule has 21 heavy (non-hydrogen) atoms. The fraction of sp³-hybridized carbons (Fsp3) is 0.765. The summed E-state index contributed by atoms with van der Waals surface area (Å²) in [6, 6.07) is 0. The molecule has 118 valence electrons. The van der Waals surface area contributed by atoms with Crippen molar-refractivity contribution in [2.45, 2.75) is 71.8 Å². The fourth-order valence-corrected chi connectivity index (χ4v) is 3.38. The number of carbonyl (C=O) groups excluding carboxylic acids is 2. The van der Waals surface area contributed by atoms with Crippen molar-refractivity contribution >= 4 is 11.9 Å². The predicted octanol–water partition coefficient (Wildman–Crippen LogP) is 3.75. The second-order valence-electron chi connectivity index (χ2n) is 7.15. The van der Waals surface area contributed by atoms with Crippen molar-refractivity contribution in [2.24, 2.45) is 11.8 Å². The summed E-state index contributed by atoms with van der Waals surface area (Å²) in [6.45, 7) is 7.26. The zero-order valence-corrected chi connectivity index (χ0v) is 13.5. The molecule has 0 bridgehead atoms. The Morgan fingerprint density at radius 2 is 1.81 bits per heavy atom. The Labute approximate surface area is 126 Å². The van der Waals surface area contributed by atoms with E-state index in [1.807, 2.05) is 20.8 Å². The highest BCUT2D eigenvalue weighted by Gasteiger charge is 2.39. The SMILES string of the molecule is CC1=C(C(=O)OC(C)(C)C)[C@H](C2CCCCC2)CC(=O)O1. The summed E-state index contributed by atoms with van der Waals surface area (Å²) in [5.74, 6) is 0.222. The van der Waals surface area contributed by atoms with Crippen molar-refractivity contribution in [1.29, 1.82) is 0 Å². The molecule has 0 unspecified atom stereocenters. The number of esters is 2. The van der Waals surface area contributed by atoms with Crippen LogP contribution in [0.4, 0.5) is 0 Å². The minimum absolute atomic E-state index is 0.0404. The third-order valence-electron chi connectivity index (χ3n) is 4.24. The third-order valence-corrected chi connectivity index (χ3v) is 4.24. The summed E-state index contributed by atoms with van der Waals surface area (Å²) in [7, 11) is 0. The summed E-state index contributed by atoms with van der Waals surface area (Å²) in [5, 5.41) is 0. The van der Waals surface area contributed by atoms with Gasteiger partial charge in [-0.05, 0) is 46.5 Å². The Morgan fingerprint density at radius 1 is 1.19 bits per heavy atom. The van der Waals surface area contributed by atoms with Crippen LogP contribution in [-0.2, 0) is 19.1 Å². The Morgan fingerprint density at radius 3 is 2.38 bits per heavy atom. The lowest BCUT2D eigenvalue weighted by molar-refractivity contribution is -0.153. The van der Waals surface area contributed by atoms with Gasteiger partial charge in [0, 0.05) is 5.92 Å². The van der Waals surface area contributed by atoms with E-state index in [4.69, 9.17) is 9.47 Å². The third kappa shape index (κ3) is 4.08. The Hall–Kier alpha value is -1.32. The van der Waals surface area contributed by atoms with E-state index in [0.717, 1.165) is 12.8 Å². The Kier molecular flexibility index (Phi) is 4.74. The van der Waals surface area contributed by atoms with Gasteiger partial charge in [0.2, 0.25) is 0 Å². The highest BCUT2D eigenvalue weighted by atomic mass is 16.6. The molecule has 0 saturated heterocycles. The summed E-state index contributed by atoms with van der Waals surface area (Å²) >= 11 is 0. The van der Waals surface area contributed by atoms with Gasteiger partial charge < -0.3 is 9.47 Å². The minimum Gasteiger partial charge on any atom is -0.457 e. The zero-order valence-electron chi connectivity index (χ0n) is 13.5. The van der Waals surface area contributed by atoms with Crippen molar-refractivity contribution in [3.8, 4) is 0 Å². The van der Waals surface area contributed by atoms with Gasteiger partial charge in [0.1, 0.15) is 11.4 Å². The first-order valence-corrected chi connectivity index (χ1v) is 7.93. The van der Waals surface area contributed by atoms with E-state index in [1.54, 1.807) is 6.92 Å². The van der Waals surface area contributed by atoms with E-state index in [0.29, 0.717) is 23.7 Å². The molecule has 0 aromatic carbocycles. The molecule has 0 radical (unpaired) electrons. The minimum atomic E-state index is -0.539. The smallest absolute Gasteiger partial charge is 0.338 e. The van der Waals surface area contributed by atoms with Gasteiger partial charge in [-0.2, -0.15) is 0 Å². The lowest BCUT2D eigenvalue weighted by Gasteiger charge is -2.34. The average molecular weight is 294 g/mol. The number of rotatable bonds is 2. The monoisotopic (exact) mass is 294 g/mol. The predicted molar refractivity (Wildman–Crippen MR) is 79.3 cm³/mol. The standard InChI is InChI=1S/C17H26O4/c1-11-15(16(19)21-17(2,3)4)13(10-14(18)20-11)12-8-6-5-7-9-12/h12-13H,5-10H2,1-4H3/t13-/m0/s1. The molecule has 0 N–H and O–H groups in total. The maximum atomic E-state index is 12.5. The molecule has 0 aromatic heterocycles. The molecular formula is C17H26O4. The second-order valence-corrected chi connectivity index (χ2v) is 7.15. The maximum absolute atomic E-state index is 12.5. The van der Waals surface area contributed by atoms with E-state index in [2.05, 4.69) is 0 Å². The van der Waals surface area contributed by atoms with Gasteiger partial charge in [-0.15, -0.1) is 0 Å². The van der Waals surface area contributed by atoms with Crippen LogP contribution in [0.2, 0.25) is 0 Å². The van der Waals surface area contributed by atoms with Gasteiger partial charge >= 0.3 is 11.9 Å². The fourth-order valence-electron chi connectivity index (χ4n) is 3.38. The molecule has 1 atom stereocenters. The first-order valence-electron chi connectivity index (χ1n) is 7.93. The molecule has 0 aromatic rings. The zero-order chi connectivity index (χ0) is 15.6. The molecule has 2 rings (SSSR count). The van der Waals surface area contributed by atoms with Gasteiger partial charge in [-0.3, -0.25) is 4.79 Å². The lowest BCUT2D eigenvalue weighted by atomic mass is 9.74. The molecule has 1 heterocycles. The van der Waals surface area contributed by atoms with Crippen molar-refractivity contribution in [2.75, 3.05) is 0 Å². The van der Waals surface area contributed by atoms with E-state index >= 15 is 0 Å². The van der Waals surface area contributed by atoms with Crippen LogP contribution in [0, 0.1) is 11.8 Å².